The van der Waals surface area contributed by atoms with E-state index >= 15 is 0 Å². The molecule has 0 fully saturated rings. The van der Waals surface area contributed by atoms with Gasteiger partial charge in [-0.1, -0.05) is 18.2 Å². The van der Waals surface area contributed by atoms with Crippen molar-refractivity contribution < 1.29 is 28.2 Å². The lowest BCUT2D eigenvalue weighted by Crippen LogP contribution is -2.16. The van der Waals surface area contributed by atoms with Crippen LogP contribution < -0.4 is 10.1 Å². The predicted molar refractivity (Wildman–Crippen MR) is 74.4 cm³/mol. The molecule has 0 unspecified atom stereocenters. The number of aromatic carboxylic acids is 1. The van der Waals surface area contributed by atoms with Gasteiger partial charge in [-0.25, -0.2) is 4.79 Å². The average molecular weight is 307 g/mol. The quantitative estimate of drug-likeness (QED) is 0.889. The summed E-state index contributed by atoms with van der Waals surface area (Å²) in [4.78, 5) is 23.2. The molecule has 114 valence electrons. The maximum atomic E-state index is 12.1. The summed E-state index contributed by atoms with van der Waals surface area (Å²) in [5.41, 5.74) is 0.0264. The molecule has 0 bridgehead atoms. The maximum absolute atomic E-state index is 12.1. The minimum Gasteiger partial charge on any atom is -0.478 e. The normalized spacial score (nSPS) is 10.3. The molecule has 2 aromatic rings. The fraction of sp³-hybridized carbons (Fsp3) is 0.0667. The van der Waals surface area contributed by atoms with Crippen LogP contribution in [-0.4, -0.2) is 23.6 Å². The zero-order valence-corrected chi connectivity index (χ0v) is 11.1. The third-order valence-corrected chi connectivity index (χ3v) is 2.72. The molecule has 0 aliphatic heterocycles. The SMILES string of the molecule is O=C(O)c1ccccc1C(=O)Nc1cccc(OC(F)F)c1. The number of carbonyl (C=O) groups is 2. The summed E-state index contributed by atoms with van der Waals surface area (Å²) in [6.07, 6.45) is 0. The lowest BCUT2D eigenvalue weighted by molar-refractivity contribution is -0.0498. The third-order valence-electron chi connectivity index (χ3n) is 2.72. The third kappa shape index (κ3) is 3.78. The highest BCUT2D eigenvalue weighted by molar-refractivity contribution is 6.10. The first-order valence-corrected chi connectivity index (χ1v) is 6.16. The molecule has 0 aliphatic carbocycles. The van der Waals surface area contributed by atoms with Crippen LogP contribution >= 0.6 is 0 Å². The number of ether oxygens (including phenoxy) is 1. The number of anilines is 1. The molecule has 2 aromatic carbocycles. The fourth-order valence-electron chi connectivity index (χ4n) is 1.82. The number of nitrogens with one attached hydrogen (secondary N) is 1. The van der Waals surface area contributed by atoms with Gasteiger partial charge in [-0.3, -0.25) is 4.79 Å². The predicted octanol–water partition coefficient (Wildman–Crippen LogP) is 3.24. The van der Waals surface area contributed by atoms with Crippen LogP contribution in [0.25, 0.3) is 0 Å². The van der Waals surface area contributed by atoms with Crippen LogP contribution in [0.2, 0.25) is 0 Å². The lowest BCUT2D eigenvalue weighted by atomic mass is 10.1. The number of alkyl halides is 2. The highest BCUT2D eigenvalue weighted by Gasteiger charge is 2.16. The van der Waals surface area contributed by atoms with E-state index in [0.717, 1.165) is 0 Å². The largest absolute Gasteiger partial charge is 0.478 e. The van der Waals surface area contributed by atoms with Crippen LogP contribution in [-0.2, 0) is 0 Å². The Kier molecular flexibility index (Phi) is 4.67. The number of benzene rings is 2. The van der Waals surface area contributed by atoms with Crippen molar-refractivity contribution >= 4 is 17.6 Å². The van der Waals surface area contributed by atoms with Crippen LogP contribution in [0.3, 0.4) is 0 Å². The van der Waals surface area contributed by atoms with Crippen molar-refractivity contribution in [3.05, 3.63) is 59.7 Å². The van der Waals surface area contributed by atoms with Gasteiger partial charge in [-0.05, 0) is 24.3 Å². The van der Waals surface area contributed by atoms with Crippen molar-refractivity contribution in [3.8, 4) is 5.75 Å². The van der Waals surface area contributed by atoms with Crippen molar-refractivity contribution in [1.82, 2.24) is 0 Å². The van der Waals surface area contributed by atoms with Gasteiger partial charge in [0.1, 0.15) is 5.75 Å². The lowest BCUT2D eigenvalue weighted by Gasteiger charge is -2.09. The molecular weight excluding hydrogens is 296 g/mol. The highest BCUT2D eigenvalue weighted by Crippen LogP contribution is 2.20. The molecule has 2 rings (SSSR count). The van der Waals surface area contributed by atoms with Crippen LogP contribution in [0, 0.1) is 0 Å². The monoisotopic (exact) mass is 307 g/mol. The van der Waals surface area contributed by atoms with Gasteiger partial charge >= 0.3 is 12.6 Å². The molecule has 0 atom stereocenters. The van der Waals surface area contributed by atoms with Gasteiger partial charge in [0.25, 0.3) is 5.91 Å². The molecule has 0 aliphatic rings. The van der Waals surface area contributed by atoms with Crippen molar-refractivity contribution in [2.24, 2.45) is 0 Å². The van der Waals surface area contributed by atoms with Gasteiger partial charge in [0.05, 0.1) is 11.1 Å². The number of halogens is 2. The van der Waals surface area contributed by atoms with Crippen LogP contribution in [0.15, 0.2) is 48.5 Å². The Morgan fingerprint density at radius 1 is 1.05 bits per heavy atom. The second-order valence-corrected chi connectivity index (χ2v) is 4.21. The number of hydrogen-bond donors (Lipinski definition) is 2. The molecule has 5 nitrogen and oxygen atoms in total. The molecule has 0 aromatic heterocycles. The molecule has 22 heavy (non-hydrogen) atoms. The molecule has 1 amide bonds. The summed E-state index contributed by atoms with van der Waals surface area (Å²) in [7, 11) is 0. The molecule has 0 radical (unpaired) electrons. The zero-order chi connectivity index (χ0) is 16.1. The Hall–Kier alpha value is -2.96. The van der Waals surface area contributed by atoms with Crippen molar-refractivity contribution in [2.75, 3.05) is 5.32 Å². The zero-order valence-electron chi connectivity index (χ0n) is 11.1. The minimum atomic E-state index is -2.97. The van der Waals surface area contributed by atoms with Gasteiger partial charge < -0.3 is 15.2 Å². The van der Waals surface area contributed by atoms with Crippen molar-refractivity contribution in [3.63, 3.8) is 0 Å². The number of amides is 1. The van der Waals surface area contributed by atoms with E-state index in [0.29, 0.717) is 0 Å². The second-order valence-electron chi connectivity index (χ2n) is 4.21. The van der Waals surface area contributed by atoms with E-state index < -0.39 is 18.5 Å². The molecule has 0 saturated carbocycles. The Balaban J connectivity index is 2.21. The summed E-state index contributed by atoms with van der Waals surface area (Å²) in [5, 5.41) is 11.5. The Bertz CT molecular complexity index is 703. The Morgan fingerprint density at radius 2 is 1.73 bits per heavy atom. The molecule has 0 heterocycles. The van der Waals surface area contributed by atoms with E-state index in [2.05, 4.69) is 10.1 Å². The number of carbonyl (C=O) groups excluding carboxylic acids is 1. The summed E-state index contributed by atoms with van der Waals surface area (Å²) >= 11 is 0. The molecule has 0 spiro atoms. The van der Waals surface area contributed by atoms with E-state index in [1.54, 1.807) is 0 Å². The number of carboxylic acid groups (broad SMARTS) is 1. The van der Waals surface area contributed by atoms with Crippen LogP contribution in [0.4, 0.5) is 14.5 Å². The first-order chi connectivity index (χ1) is 10.5. The van der Waals surface area contributed by atoms with Gasteiger partial charge in [-0.2, -0.15) is 8.78 Å². The van der Waals surface area contributed by atoms with Gasteiger partial charge in [0.2, 0.25) is 0 Å². The minimum absolute atomic E-state index is 0.0322. The first-order valence-electron chi connectivity index (χ1n) is 6.16. The van der Waals surface area contributed by atoms with E-state index in [1.165, 1.54) is 48.5 Å². The maximum Gasteiger partial charge on any atom is 0.387 e. The van der Waals surface area contributed by atoms with E-state index in [9.17, 15) is 18.4 Å². The molecule has 2 N–H and O–H groups in total. The summed E-state index contributed by atoms with van der Waals surface area (Å²) in [6.45, 7) is -2.97. The van der Waals surface area contributed by atoms with Gasteiger partial charge in [0, 0.05) is 11.8 Å². The van der Waals surface area contributed by atoms with E-state index in [-0.39, 0.29) is 22.6 Å². The smallest absolute Gasteiger partial charge is 0.387 e. The topological polar surface area (TPSA) is 75.6 Å². The van der Waals surface area contributed by atoms with Crippen molar-refractivity contribution in [2.45, 2.75) is 6.61 Å². The number of rotatable bonds is 5. The Labute approximate surface area is 124 Å². The average Bonchev–Trinajstić information content (AvgIpc) is 2.46. The van der Waals surface area contributed by atoms with Crippen LogP contribution in [0.5, 0.6) is 5.75 Å². The summed E-state index contributed by atoms with van der Waals surface area (Å²) in [5.74, 6) is -2.01. The van der Waals surface area contributed by atoms with Gasteiger partial charge in [0.15, 0.2) is 0 Å². The van der Waals surface area contributed by atoms with E-state index in [4.69, 9.17) is 5.11 Å². The van der Waals surface area contributed by atoms with Crippen LogP contribution in [0.1, 0.15) is 20.7 Å². The molecule has 7 heteroatoms. The molecular formula is C15H11F2NO4. The second kappa shape index (κ2) is 6.66. The summed E-state index contributed by atoms with van der Waals surface area (Å²) < 4.78 is 28.5. The van der Waals surface area contributed by atoms with Crippen molar-refractivity contribution in [1.29, 1.82) is 0 Å². The number of carboxylic acids is 1. The molecule has 0 saturated heterocycles. The first kappa shape index (κ1) is 15.4. The summed E-state index contributed by atoms with van der Waals surface area (Å²) in [6, 6.07) is 11.1. The van der Waals surface area contributed by atoms with E-state index in [1.807, 2.05) is 0 Å². The fourth-order valence-corrected chi connectivity index (χ4v) is 1.82. The standard InChI is InChI=1S/C15H11F2NO4/c16-15(17)22-10-5-3-4-9(8-10)18-13(19)11-6-1-2-7-12(11)14(20)21/h1-8,15H,(H,18,19)(H,20,21). The number of hydrogen-bond acceptors (Lipinski definition) is 3. The van der Waals surface area contributed by atoms with Gasteiger partial charge in [-0.15, -0.1) is 0 Å². The highest BCUT2D eigenvalue weighted by atomic mass is 19.3. The Morgan fingerprint density at radius 3 is 2.36 bits per heavy atom.